The molecule has 1 amide bonds. The molecular weight excluding hydrogens is 212 g/mol. The second-order valence-corrected chi connectivity index (χ2v) is 4.70. The summed E-state index contributed by atoms with van der Waals surface area (Å²) in [7, 11) is 1.74. The lowest BCUT2D eigenvalue weighted by Gasteiger charge is -2.23. The molecule has 0 fully saturated rings. The molecule has 1 rings (SSSR count). The molecule has 0 unspecified atom stereocenters. The Morgan fingerprint density at radius 1 is 1.35 bits per heavy atom. The maximum absolute atomic E-state index is 11.9. The molecule has 1 aromatic rings. The number of carbonyl (C=O) groups is 1. The largest absolute Gasteiger partial charge is 0.344 e. The summed E-state index contributed by atoms with van der Waals surface area (Å²) in [6.45, 7) is 3.93. The molecule has 0 heterocycles. The normalized spacial score (nSPS) is 10.7. The van der Waals surface area contributed by atoms with Gasteiger partial charge in [-0.15, -0.1) is 0 Å². The standard InChI is InChI=1S/C14H18N2O/c1-14(2,11-15)13(17)16(3)10-9-12-7-5-4-6-8-12/h4-8H,9-10H2,1-3H3. The Morgan fingerprint density at radius 3 is 2.47 bits per heavy atom. The SMILES string of the molecule is CN(CCc1ccccc1)C(=O)C(C)(C)C#N. The van der Waals surface area contributed by atoms with Gasteiger partial charge in [-0.05, 0) is 25.8 Å². The molecular formula is C14H18N2O. The summed E-state index contributed by atoms with van der Waals surface area (Å²) in [6.07, 6.45) is 0.810. The molecule has 0 atom stereocenters. The average molecular weight is 230 g/mol. The number of likely N-dealkylation sites (N-methyl/N-ethyl adjacent to an activating group) is 1. The maximum Gasteiger partial charge on any atom is 0.242 e. The minimum atomic E-state index is -0.939. The van der Waals surface area contributed by atoms with Gasteiger partial charge in [0, 0.05) is 13.6 Å². The van der Waals surface area contributed by atoms with Crippen molar-refractivity contribution in [2.75, 3.05) is 13.6 Å². The van der Waals surface area contributed by atoms with E-state index in [0.717, 1.165) is 6.42 Å². The van der Waals surface area contributed by atoms with Crippen molar-refractivity contribution < 1.29 is 4.79 Å². The highest BCUT2D eigenvalue weighted by molar-refractivity contribution is 5.84. The minimum absolute atomic E-state index is 0.129. The van der Waals surface area contributed by atoms with Gasteiger partial charge < -0.3 is 4.90 Å². The summed E-state index contributed by atoms with van der Waals surface area (Å²) in [4.78, 5) is 13.5. The zero-order valence-electron chi connectivity index (χ0n) is 10.6. The van der Waals surface area contributed by atoms with Crippen LogP contribution in [0.1, 0.15) is 19.4 Å². The first-order chi connectivity index (χ1) is 7.97. The number of carbonyl (C=O) groups excluding carboxylic acids is 1. The fraction of sp³-hybridized carbons (Fsp3) is 0.429. The van der Waals surface area contributed by atoms with Crippen molar-refractivity contribution in [2.24, 2.45) is 5.41 Å². The minimum Gasteiger partial charge on any atom is -0.344 e. The van der Waals surface area contributed by atoms with E-state index >= 15 is 0 Å². The molecule has 0 radical (unpaired) electrons. The molecule has 0 N–H and O–H groups in total. The highest BCUT2D eigenvalue weighted by Crippen LogP contribution is 2.16. The van der Waals surface area contributed by atoms with Crippen LogP contribution in [0.15, 0.2) is 30.3 Å². The Kier molecular flexibility index (Phi) is 4.28. The van der Waals surface area contributed by atoms with E-state index in [1.54, 1.807) is 25.8 Å². The third kappa shape index (κ3) is 3.60. The van der Waals surface area contributed by atoms with Crippen molar-refractivity contribution in [3.8, 4) is 6.07 Å². The monoisotopic (exact) mass is 230 g/mol. The lowest BCUT2D eigenvalue weighted by atomic mass is 9.94. The van der Waals surface area contributed by atoms with Crippen LogP contribution in [0.25, 0.3) is 0 Å². The third-order valence-electron chi connectivity index (χ3n) is 2.74. The predicted octanol–water partition coefficient (Wildman–Crippen LogP) is 2.24. The first-order valence-corrected chi connectivity index (χ1v) is 5.68. The topological polar surface area (TPSA) is 44.1 Å². The second-order valence-electron chi connectivity index (χ2n) is 4.70. The van der Waals surface area contributed by atoms with Crippen molar-refractivity contribution in [3.05, 3.63) is 35.9 Å². The van der Waals surface area contributed by atoms with Crippen molar-refractivity contribution in [2.45, 2.75) is 20.3 Å². The van der Waals surface area contributed by atoms with Crippen molar-refractivity contribution in [1.82, 2.24) is 4.90 Å². The molecule has 0 saturated heterocycles. The zero-order valence-corrected chi connectivity index (χ0v) is 10.6. The van der Waals surface area contributed by atoms with Crippen molar-refractivity contribution in [3.63, 3.8) is 0 Å². The van der Waals surface area contributed by atoms with Crippen LogP contribution < -0.4 is 0 Å². The second kappa shape index (κ2) is 5.49. The van der Waals surface area contributed by atoms with Gasteiger partial charge in [-0.25, -0.2) is 0 Å². The lowest BCUT2D eigenvalue weighted by molar-refractivity contribution is -0.136. The van der Waals surface area contributed by atoms with E-state index in [1.165, 1.54) is 5.56 Å². The lowest BCUT2D eigenvalue weighted by Crippen LogP contribution is -2.38. The van der Waals surface area contributed by atoms with Crippen LogP contribution in [0.5, 0.6) is 0 Å². The van der Waals surface area contributed by atoms with Gasteiger partial charge >= 0.3 is 0 Å². The van der Waals surface area contributed by atoms with E-state index in [-0.39, 0.29) is 5.91 Å². The molecule has 17 heavy (non-hydrogen) atoms. The summed E-state index contributed by atoms with van der Waals surface area (Å²) in [5.41, 5.74) is 0.257. The van der Waals surface area contributed by atoms with Gasteiger partial charge in [0.25, 0.3) is 0 Å². The van der Waals surface area contributed by atoms with Crippen LogP contribution in [-0.4, -0.2) is 24.4 Å². The van der Waals surface area contributed by atoms with Crippen molar-refractivity contribution >= 4 is 5.91 Å². The van der Waals surface area contributed by atoms with Crippen LogP contribution in [-0.2, 0) is 11.2 Å². The Bertz CT molecular complexity index is 418. The zero-order chi connectivity index (χ0) is 12.9. The number of benzene rings is 1. The van der Waals surface area contributed by atoms with Gasteiger partial charge in [0.1, 0.15) is 5.41 Å². The Morgan fingerprint density at radius 2 is 1.94 bits per heavy atom. The first kappa shape index (κ1) is 13.2. The van der Waals surface area contributed by atoms with E-state index in [4.69, 9.17) is 5.26 Å². The molecule has 0 bridgehead atoms. The molecule has 90 valence electrons. The first-order valence-electron chi connectivity index (χ1n) is 5.68. The highest BCUT2D eigenvalue weighted by Gasteiger charge is 2.29. The third-order valence-corrected chi connectivity index (χ3v) is 2.74. The number of hydrogen-bond acceptors (Lipinski definition) is 2. The molecule has 0 aromatic heterocycles. The van der Waals surface area contributed by atoms with E-state index < -0.39 is 5.41 Å². The van der Waals surface area contributed by atoms with E-state index in [1.807, 2.05) is 36.4 Å². The number of hydrogen-bond donors (Lipinski definition) is 0. The van der Waals surface area contributed by atoms with Gasteiger partial charge in [-0.3, -0.25) is 4.79 Å². The van der Waals surface area contributed by atoms with Gasteiger partial charge in [0.2, 0.25) is 5.91 Å². The summed E-state index contributed by atoms with van der Waals surface area (Å²) >= 11 is 0. The van der Waals surface area contributed by atoms with Crippen LogP contribution in [0.2, 0.25) is 0 Å². The van der Waals surface area contributed by atoms with E-state index in [2.05, 4.69) is 0 Å². The van der Waals surface area contributed by atoms with E-state index in [9.17, 15) is 4.79 Å². The van der Waals surface area contributed by atoms with Gasteiger partial charge in [-0.1, -0.05) is 30.3 Å². The molecule has 0 saturated carbocycles. The summed E-state index contributed by atoms with van der Waals surface area (Å²) in [6, 6.07) is 12.0. The molecule has 0 spiro atoms. The van der Waals surface area contributed by atoms with Gasteiger partial charge in [-0.2, -0.15) is 5.26 Å². The Balaban J connectivity index is 2.54. The van der Waals surface area contributed by atoms with Crippen molar-refractivity contribution in [1.29, 1.82) is 5.26 Å². The number of nitrogens with zero attached hydrogens (tertiary/aromatic N) is 2. The van der Waals surface area contributed by atoms with Gasteiger partial charge in [0.15, 0.2) is 0 Å². The van der Waals surface area contributed by atoms with E-state index in [0.29, 0.717) is 6.54 Å². The summed E-state index contributed by atoms with van der Waals surface area (Å²) < 4.78 is 0. The predicted molar refractivity (Wildman–Crippen MR) is 67.2 cm³/mol. The Hall–Kier alpha value is -1.82. The van der Waals surface area contributed by atoms with Crippen LogP contribution in [0, 0.1) is 16.7 Å². The van der Waals surface area contributed by atoms with Crippen LogP contribution in [0.4, 0.5) is 0 Å². The molecule has 3 heteroatoms. The average Bonchev–Trinajstić information content (AvgIpc) is 2.36. The maximum atomic E-state index is 11.9. The molecule has 1 aromatic carbocycles. The number of rotatable bonds is 4. The number of nitriles is 1. The molecule has 0 aliphatic heterocycles. The van der Waals surface area contributed by atoms with Gasteiger partial charge in [0.05, 0.1) is 6.07 Å². The van der Waals surface area contributed by atoms with Crippen LogP contribution in [0.3, 0.4) is 0 Å². The summed E-state index contributed by atoms with van der Waals surface area (Å²) in [5, 5.41) is 8.90. The number of amides is 1. The smallest absolute Gasteiger partial charge is 0.242 e. The quantitative estimate of drug-likeness (QED) is 0.796. The van der Waals surface area contributed by atoms with Crippen LogP contribution >= 0.6 is 0 Å². The fourth-order valence-electron chi connectivity index (χ4n) is 1.57. The molecule has 0 aliphatic carbocycles. The molecule has 0 aliphatic rings. The Labute approximate surface area is 103 Å². The highest BCUT2D eigenvalue weighted by atomic mass is 16.2. The molecule has 3 nitrogen and oxygen atoms in total. The summed E-state index contributed by atoms with van der Waals surface area (Å²) in [5.74, 6) is -0.129. The fourth-order valence-corrected chi connectivity index (χ4v) is 1.57.